The summed E-state index contributed by atoms with van der Waals surface area (Å²) in [6.45, 7) is 3.33. The number of aromatic hydroxyl groups is 1. The second kappa shape index (κ2) is 8.56. The molecule has 5 rings (SSSR count). The van der Waals surface area contributed by atoms with Gasteiger partial charge in [-0.3, -0.25) is 9.69 Å². The minimum Gasteiger partial charge on any atom is -0.506 e. The van der Waals surface area contributed by atoms with Crippen molar-refractivity contribution in [3.05, 3.63) is 70.8 Å². The molecule has 8 heteroatoms. The number of amides is 1. The molecule has 0 unspecified atom stereocenters. The predicted molar refractivity (Wildman–Crippen MR) is 121 cm³/mol. The van der Waals surface area contributed by atoms with Gasteiger partial charge in [0.2, 0.25) is 0 Å². The van der Waals surface area contributed by atoms with Crippen LogP contribution in [-0.4, -0.2) is 59.4 Å². The van der Waals surface area contributed by atoms with Gasteiger partial charge in [-0.15, -0.1) is 11.3 Å². The fourth-order valence-electron chi connectivity index (χ4n) is 4.18. The van der Waals surface area contributed by atoms with Gasteiger partial charge >= 0.3 is 0 Å². The van der Waals surface area contributed by atoms with Gasteiger partial charge in [0.25, 0.3) is 5.91 Å². The monoisotopic (exact) mass is 436 g/mol. The highest BCUT2D eigenvalue weighted by molar-refractivity contribution is 7.12. The Morgan fingerprint density at radius 2 is 1.94 bits per heavy atom. The van der Waals surface area contributed by atoms with E-state index in [-0.39, 0.29) is 11.9 Å². The van der Waals surface area contributed by atoms with Gasteiger partial charge in [-0.1, -0.05) is 18.2 Å². The Bertz CT molecular complexity index is 1060. The van der Waals surface area contributed by atoms with E-state index >= 15 is 0 Å². The summed E-state index contributed by atoms with van der Waals surface area (Å²) in [5.74, 6) is 1.03. The van der Waals surface area contributed by atoms with Crippen LogP contribution < -0.4 is 4.90 Å². The van der Waals surface area contributed by atoms with E-state index in [9.17, 15) is 9.90 Å². The van der Waals surface area contributed by atoms with Gasteiger partial charge in [-0.2, -0.15) is 5.10 Å². The summed E-state index contributed by atoms with van der Waals surface area (Å²) in [6.07, 6.45) is 2.29. The third-order valence-electron chi connectivity index (χ3n) is 5.80. The molecule has 0 bridgehead atoms. The summed E-state index contributed by atoms with van der Waals surface area (Å²) in [5.41, 5.74) is 1.77. The molecule has 1 saturated heterocycles. The van der Waals surface area contributed by atoms with Gasteiger partial charge in [-0.25, -0.2) is 5.01 Å². The topological polar surface area (TPSA) is 72.5 Å². The maximum absolute atomic E-state index is 13.2. The molecule has 2 aliphatic rings. The number of carbonyl (C=O) groups is 1. The molecular formula is C23H24N4O3S. The van der Waals surface area contributed by atoms with Crippen molar-refractivity contribution in [2.75, 3.05) is 37.6 Å². The molecule has 0 spiro atoms. The molecule has 1 fully saturated rings. The van der Waals surface area contributed by atoms with Gasteiger partial charge in [-0.05, 0) is 35.7 Å². The lowest BCUT2D eigenvalue weighted by Crippen LogP contribution is -2.49. The fraction of sp³-hybridized carbons (Fsp3) is 0.304. The van der Waals surface area contributed by atoms with Crippen molar-refractivity contribution in [1.82, 2.24) is 9.91 Å². The van der Waals surface area contributed by atoms with Crippen LogP contribution in [0, 0.1) is 0 Å². The van der Waals surface area contributed by atoms with E-state index in [0.29, 0.717) is 18.7 Å². The van der Waals surface area contributed by atoms with Crippen LogP contribution >= 0.6 is 11.3 Å². The Morgan fingerprint density at radius 1 is 1.10 bits per heavy atom. The van der Waals surface area contributed by atoms with Crippen molar-refractivity contribution in [3.63, 3.8) is 0 Å². The lowest BCUT2D eigenvalue weighted by Gasteiger charge is -2.36. The molecule has 7 nitrogen and oxygen atoms in total. The first-order chi connectivity index (χ1) is 15.2. The first-order valence-electron chi connectivity index (χ1n) is 10.4. The number of hydrazone groups is 1. The maximum Gasteiger partial charge on any atom is 0.257 e. The number of nitrogens with zero attached hydrogens (tertiary/aromatic N) is 4. The standard InChI is InChI=1S/C23H24N4O3S/c28-20-6-2-1-5-18(20)26-11-9-25(10-12-26)16-23(29)27-19(21-7-3-13-30-21)15-17(24-27)22-8-4-14-31-22/h1-8,13-14,19,28H,9-12,15-16H2/t19-/m0/s1. The molecule has 1 aromatic carbocycles. The average Bonchev–Trinajstić information content (AvgIpc) is 3.55. The Hall–Kier alpha value is -3.10. The zero-order valence-electron chi connectivity index (χ0n) is 17.1. The number of piperazine rings is 1. The maximum atomic E-state index is 13.2. The van der Waals surface area contributed by atoms with Gasteiger partial charge in [0.1, 0.15) is 17.6 Å². The quantitative estimate of drug-likeness (QED) is 0.662. The molecule has 0 aliphatic carbocycles. The van der Waals surface area contributed by atoms with Crippen LogP contribution in [0.4, 0.5) is 5.69 Å². The summed E-state index contributed by atoms with van der Waals surface area (Å²) >= 11 is 1.63. The van der Waals surface area contributed by atoms with E-state index < -0.39 is 0 Å². The van der Waals surface area contributed by atoms with E-state index in [4.69, 9.17) is 4.42 Å². The number of carbonyl (C=O) groups excluding carboxylic acids is 1. The molecule has 0 radical (unpaired) electrons. The van der Waals surface area contributed by atoms with Crippen LogP contribution in [0.2, 0.25) is 0 Å². The number of phenolic OH excluding ortho intramolecular Hbond substituents is 1. The van der Waals surface area contributed by atoms with Crippen LogP contribution in [0.3, 0.4) is 0 Å². The van der Waals surface area contributed by atoms with Gasteiger partial charge < -0.3 is 14.4 Å². The van der Waals surface area contributed by atoms with Crippen molar-refractivity contribution in [3.8, 4) is 5.75 Å². The molecule has 1 amide bonds. The SMILES string of the molecule is O=C(CN1CCN(c2ccccc2O)CC1)N1N=C(c2cccs2)C[C@H]1c1ccco1. The molecule has 3 aromatic rings. The lowest BCUT2D eigenvalue weighted by molar-refractivity contribution is -0.134. The summed E-state index contributed by atoms with van der Waals surface area (Å²) in [4.78, 5) is 18.6. The number of hydrogen-bond acceptors (Lipinski definition) is 7. The minimum absolute atomic E-state index is 0.0241. The highest BCUT2D eigenvalue weighted by atomic mass is 32.1. The van der Waals surface area contributed by atoms with E-state index in [1.54, 1.807) is 28.7 Å². The molecule has 1 atom stereocenters. The third kappa shape index (κ3) is 4.08. The van der Waals surface area contributed by atoms with Crippen molar-refractivity contribution >= 4 is 28.6 Å². The van der Waals surface area contributed by atoms with E-state index in [2.05, 4.69) is 14.9 Å². The summed E-state index contributed by atoms with van der Waals surface area (Å²) in [7, 11) is 0. The predicted octanol–water partition coefficient (Wildman–Crippen LogP) is 3.55. The normalized spacial score (nSPS) is 19.6. The Morgan fingerprint density at radius 3 is 2.65 bits per heavy atom. The van der Waals surface area contributed by atoms with Crippen molar-refractivity contribution in [2.24, 2.45) is 5.10 Å². The highest BCUT2D eigenvalue weighted by Crippen LogP contribution is 2.34. The second-order valence-corrected chi connectivity index (χ2v) is 8.70. The smallest absolute Gasteiger partial charge is 0.257 e. The molecule has 31 heavy (non-hydrogen) atoms. The number of furan rings is 1. The first kappa shape index (κ1) is 19.8. The van der Waals surface area contributed by atoms with Crippen LogP contribution in [0.1, 0.15) is 23.1 Å². The molecular weight excluding hydrogens is 412 g/mol. The van der Waals surface area contributed by atoms with Crippen molar-refractivity contribution < 1.29 is 14.3 Å². The Kier molecular flexibility index (Phi) is 5.48. The molecule has 160 valence electrons. The molecule has 4 heterocycles. The first-order valence-corrected chi connectivity index (χ1v) is 11.3. The number of hydrogen-bond donors (Lipinski definition) is 1. The van der Waals surface area contributed by atoms with E-state index in [0.717, 1.165) is 48.2 Å². The average molecular weight is 437 g/mol. The van der Waals surface area contributed by atoms with Crippen molar-refractivity contribution in [2.45, 2.75) is 12.5 Å². The number of benzene rings is 1. The Labute approximate surface area is 184 Å². The zero-order valence-corrected chi connectivity index (χ0v) is 17.9. The number of rotatable bonds is 5. The molecule has 2 aliphatic heterocycles. The molecule has 0 saturated carbocycles. The van der Waals surface area contributed by atoms with Gasteiger partial charge in [0, 0.05) is 32.6 Å². The Balaban J connectivity index is 1.26. The molecule has 1 N–H and O–H groups in total. The number of thiophene rings is 1. The van der Waals surface area contributed by atoms with E-state index in [1.807, 2.05) is 47.8 Å². The van der Waals surface area contributed by atoms with Gasteiger partial charge in [0.05, 0.1) is 29.1 Å². The number of phenols is 1. The van der Waals surface area contributed by atoms with Crippen molar-refractivity contribution in [1.29, 1.82) is 0 Å². The van der Waals surface area contributed by atoms with Crippen LogP contribution in [0.15, 0.2) is 69.7 Å². The zero-order chi connectivity index (χ0) is 21.2. The molecule has 2 aromatic heterocycles. The highest BCUT2D eigenvalue weighted by Gasteiger charge is 2.36. The summed E-state index contributed by atoms with van der Waals surface area (Å²) in [6, 6.07) is 15.0. The second-order valence-electron chi connectivity index (χ2n) is 7.75. The number of anilines is 1. The lowest BCUT2D eigenvalue weighted by atomic mass is 10.1. The summed E-state index contributed by atoms with van der Waals surface area (Å²) in [5, 5.41) is 18.4. The fourth-order valence-corrected chi connectivity index (χ4v) is 4.90. The van der Waals surface area contributed by atoms with Crippen LogP contribution in [0.5, 0.6) is 5.75 Å². The van der Waals surface area contributed by atoms with Gasteiger partial charge in [0.15, 0.2) is 0 Å². The third-order valence-corrected chi connectivity index (χ3v) is 6.72. The number of para-hydroxylation sites is 2. The van der Waals surface area contributed by atoms with Crippen LogP contribution in [0.25, 0.3) is 0 Å². The van der Waals surface area contributed by atoms with E-state index in [1.165, 1.54) is 0 Å². The summed E-state index contributed by atoms with van der Waals surface area (Å²) < 4.78 is 5.62. The minimum atomic E-state index is -0.206. The van der Waals surface area contributed by atoms with Crippen LogP contribution in [-0.2, 0) is 4.79 Å². The largest absolute Gasteiger partial charge is 0.506 e.